The molecule has 0 bridgehead atoms. The van der Waals surface area contributed by atoms with Crippen molar-refractivity contribution in [2.45, 2.75) is 51.5 Å². The summed E-state index contributed by atoms with van der Waals surface area (Å²) in [5, 5.41) is 3.16. The van der Waals surface area contributed by atoms with Gasteiger partial charge in [-0.3, -0.25) is 9.69 Å². The zero-order valence-electron chi connectivity index (χ0n) is 16.7. The van der Waals surface area contributed by atoms with Crippen molar-refractivity contribution in [2.24, 2.45) is 11.8 Å². The number of para-hydroxylation sites is 2. The Bertz CT molecular complexity index is 715. The maximum absolute atomic E-state index is 13.0. The van der Waals surface area contributed by atoms with Crippen molar-refractivity contribution in [2.75, 3.05) is 36.0 Å². The van der Waals surface area contributed by atoms with Crippen LogP contribution in [0.3, 0.4) is 0 Å². The fraction of sp³-hybridized carbons (Fsp3) is 0.636. The number of nitrogens with one attached hydrogen (secondary N) is 1. The predicted molar refractivity (Wildman–Crippen MR) is 110 cm³/mol. The van der Waals surface area contributed by atoms with Gasteiger partial charge in [-0.15, -0.1) is 0 Å². The molecule has 152 valence electrons. The molecule has 0 radical (unpaired) electrons. The SMILES string of the molecule is CCOC(=O)C1CCC(CNC(=O)N2CC3CCCN3c3ccccc32)CC1. The minimum Gasteiger partial charge on any atom is -0.466 e. The summed E-state index contributed by atoms with van der Waals surface area (Å²) in [5.41, 5.74) is 2.20. The molecule has 1 aliphatic carbocycles. The Balaban J connectivity index is 1.32. The van der Waals surface area contributed by atoms with E-state index in [1.54, 1.807) is 0 Å². The minimum absolute atomic E-state index is 0.00603. The lowest BCUT2D eigenvalue weighted by Gasteiger charge is -2.40. The number of amides is 2. The summed E-state index contributed by atoms with van der Waals surface area (Å²) in [6.45, 7) is 4.83. The molecular weight excluding hydrogens is 354 g/mol. The molecule has 28 heavy (non-hydrogen) atoms. The molecule has 6 nitrogen and oxygen atoms in total. The monoisotopic (exact) mass is 385 g/mol. The summed E-state index contributed by atoms with van der Waals surface area (Å²) >= 11 is 0. The van der Waals surface area contributed by atoms with Crippen molar-refractivity contribution in [1.82, 2.24) is 5.32 Å². The number of carbonyl (C=O) groups excluding carboxylic acids is 2. The second-order valence-electron chi connectivity index (χ2n) is 8.24. The van der Waals surface area contributed by atoms with Gasteiger partial charge in [-0.1, -0.05) is 12.1 Å². The van der Waals surface area contributed by atoms with E-state index >= 15 is 0 Å². The van der Waals surface area contributed by atoms with Gasteiger partial charge in [0.2, 0.25) is 0 Å². The summed E-state index contributed by atoms with van der Waals surface area (Å²) in [7, 11) is 0. The van der Waals surface area contributed by atoms with Gasteiger partial charge < -0.3 is 15.0 Å². The van der Waals surface area contributed by atoms with E-state index in [2.05, 4.69) is 22.3 Å². The molecule has 2 heterocycles. The molecule has 1 saturated heterocycles. The highest BCUT2D eigenvalue weighted by atomic mass is 16.5. The average Bonchev–Trinajstić information content (AvgIpc) is 3.21. The van der Waals surface area contributed by atoms with Gasteiger partial charge in [0, 0.05) is 25.7 Å². The van der Waals surface area contributed by atoms with Crippen molar-refractivity contribution in [1.29, 1.82) is 0 Å². The predicted octanol–water partition coefficient (Wildman–Crippen LogP) is 3.55. The molecule has 1 saturated carbocycles. The van der Waals surface area contributed by atoms with Crippen LogP contribution in [0.1, 0.15) is 45.4 Å². The molecule has 1 atom stereocenters. The van der Waals surface area contributed by atoms with Crippen LogP contribution in [0.15, 0.2) is 24.3 Å². The Labute approximate surface area is 167 Å². The average molecular weight is 386 g/mol. The van der Waals surface area contributed by atoms with Crippen molar-refractivity contribution in [3.8, 4) is 0 Å². The molecule has 0 spiro atoms. The van der Waals surface area contributed by atoms with E-state index in [9.17, 15) is 9.59 Å². The lowest BCUT2D eigenvalue weighted by atomic mass is 9.82. The number of esters is 1. The third-order valence-corrected chi connectivity index (χ3v) is 6.51. The van der Waals surface area contributed by atoms with E-state index in [1.807, 2.05) is 24.0 Å². The van der Waals surface area contributed by atoms with Crippen LogP contribution in [-0.4, -0.2) is 44.3 Å². The number of rotatable bonds is 4. The molecule has 2 aliphatic heterocycles. The van der Waals surface area contributed by atoms with Crippen molar-refractivity contribution >= 4 is 23.4 Å². The number of ether oxygens (including phenoxy) is 1. The molecule has 4 rings (SSSR count). The highest BCUT2D eigenvalue weighted by molar-refractivity contribution is 5.97. The molecule has 2 fully saturated rings. The fourth-order valence-electron chi connectivity index (χ4n) is 4.97. The Kier molecular flexibility index (Phi) is 5.74. The number of carbonyl (C=O) groups is 2. The van der Waals surface area contributed by atoms with Crippen molar-refractivity contribution < 1.29 is 14.3 Å². The van der Waals surface area contributed by atoms with Crippen LogP contribution in [0.4, 0.5) is 16.2 Å². The lowest BCUT2D eigenvalue weighted by molar-refractivity contribution is -0.149. The van der Waals surface area contributed by atoms with Gasteiger partial charge in [0.05, 0.1) is 23.9 Å². The topological polar surface area (TPSA) is 61.9 Å². The second-order valence-corrected chi connectivity index (χ2v) is 8.24. The zero-order chi connectivity index (χ0) is 19.5. The Morgan fingerprint density at radius 2 is 1.86 bits per heavy atom. The van der Waals surface area contributed by atoms with Gasteiger partial charge >= 0.3 is 12.0 Å². The van der Waals surface area contributed by atoms with Gasteiger partial charge in [0.15, 0.2) is 0 Å². The van der Waals surface area contributed by atoms with Gasteiger partial charge in [-0.05, 0) is 63.5 Å². The van der Waals surface area contributed by atoms with E-state index in [0.29, 0.717) is 25.1 Å². The molecular formula is C22H31N3O3. The summed E-state index contributed by atoms with van der Waals surface area (Å²) in [6.07, 6.45) is 6.01. The van der Waals surface area contributed by atoms with Crippen molar-refractivity contribution in [3.05, 3.63) is 24.3 Å². The van der Waals surface area contributed by atoms with Crippen LogP contribution in [0, 0.1) is 11.8 Å². The van der Waals surface area contributed by atoms with Gasteiger partial charge in [-0.2, -0.15) is 0 Å². The van der Waals surface area contributed by atoms with E-state index in [0.717, 1.165) is 50.9 Å². The third kappa shape index (κ3) is 3.82. The molecule has 1 aromatic rings. The highest BCUT2D eigenvalue weighted by Crippen LogP contribution is 2.39. The molecule has 6 heteroatoms. The first kappa shape index (κ1) is 19.1. The van der Waals surface area contributed by atoms with Crippen molar-refractivity contribution in [3.63, 3.8) is 0 Å². The minimum atomic E-state index is -0.0592. The normalized spacial score (nSPS) is 26.4. The van der Waals surface area contributed by atoms with Crippen LogP contribution in [-0.2, 0) is 9.53 Å². The van der Waals surface area contributed by atoms with Crippen LogP contribution < -0.4 is 15.1 Å². The van der Waals surface area contributed by atoms with E-state index in [1.165, 1.54) is 12.1 Å². The van der Waals surface area contributed by atoms with E-state index < -0.39 is 0 Å². The number of anilines is 2. The van der Waals surface area contributed by atoms with Crippen LogP contribution in [0.2, 0.25) is 0 Å². The first-order chi connectivity index (χ1) is 13.7. The fourth-order valence-corrected chi connectivity index (χ4v) is 4.97. The Hall–Kier alpha value is -2.24. The summed E-state index contributed by atoms with van der Waals surface area (Å²) in [6, 6.07) is 8.67. The molecule has 1 N–H and O–H groups in total. The Morgan fingerprint density at radius 3 is 2.61 bits per heavy atom. The summed E-state index contributed by atoms with van der Waals surface area (Å²) in [4.78, 5) is 29.2. The molecule has 1 unspecified atom stereocenters. The first-order valence-corrected chi connectivity index (χ1v) is 10.7. The smallest absolute Gasteiger partial charge is 0.322 e. The summed E-state index contributed by atoms with van der Waals surface area (Å²) < 4.78 is 5.14. The Morgan fingerprint density at radius 1 is 1.11 bits per heavy atom. The number of hydrogen-bond acceptors (Lipinski definition) is 4. The van der Waals surface area contributed by atoms with E-state index in [4.69, 9.17) is 4.74 Å². The van der Waals surface area contributed by atoms with Crippen LogP contribution >= 0.6 is 0 Å². The molecule has 2 amide bonds. The number of hydrogen-bond donors (Lipinski definition) is 1. The number of fused-ring (bicyclic) bond motifs is 3. The number of urea groups is 1. The van der Waals surface area contributed by atoms with Gasteiger partial charge in [0.1, 0.15) is 0 Å². The molecule has 3 aliphatic rings. The van der Waals surface area contributed by atoms with Crippen LogP contribution in [0.25, 0.3) is 0 Å². The second kappa shape index (κ2) is 8.41. The van der Waals surface area contributed by atoms with E-state index in [-0.39, 0.29) is 17.9 Å². The van der Waals surface area contributed by atoms with Gasteiger partial charge in [0.25, 0.3) is 0 Å². The van der Waals surface area contributed by atoms with Crippen LogP contribution in [0.5, 0.6) is 0 Å². The third-order valence-electron chi connectivity index (χ3n) is 6.51. The quantitative estimate of drug-likeness (QED) is 0.805. The highest BCUT2D eigenvalue weighted by Gasteiger charge is 2.36. The largest absolute Gasteiger partial charge is 0.466 e. The lowest BCUT2D eigenvalue weighted by Crippen LogP contribution is -2.52. The first-order valence-electron chi connectivity index (χ1n) is 10.7. The molecule has 1 aromatic carbocycles. The zero-order valence-corrected chi connectivity index (χ0v) is 16.7. The number of benzene rings is 1. The standard InChI is InChI=1S/C22H31N3O3/c1-2-28-21(26)17-11-9-16(10-12-17)14-23-22(27)25-15-18-6-5-13-24(18)19-7-3-4-8-20(19)25/h3-4,7-8,16-18H,2,5-6,9-15H2,1H3,(H,23,27). The van der Waals surface area contributed by atoms with Gasteiger partial charge in [-0.25, -0.2) is 4.79 Å². The maximum atomic E-state index is 13.0. The number of nitrogens with zero attached hydrogens (tertiary/aromatic N) is 2. The maximum Gasteiger partial charge on any atom is 0.322 e. The summed E-state index contributed by atoms with van der Waals surface area (Å²) in [5.74, 6) is 0.419. The molecule has 0 aromatic heterocycles.